The molecule has 0 aliphatic rings. The zero-order valence-corrected chi connectivity index (χ0v) is 12.1. The van der Waals surface area contributed by atoms with E-state index in [1.165, 1.54) is 0 Å². The van der Waals surface area contributed by atoms with Crippen LogP contribution in [-0.2, 0) is 4.79 Å². The van der Waals surface area contributed by atoms with E-state index in [2.05, 4.69) is 15.5 Å². The van der Waals surface area contributed by atoms with Crippen LogP contribution >= 0.6 is 11.8 Å². The van der Waals surface area contributed by atoms with Gasteiger partial charge in [0.25, 0.3) is 0 Å². The van der Waals surface area contributed by atoms with Crippen LogP contribution in [0, 0.1) is 0 Å². The van der Waals surface area contributed by atoms with Gasteiger partial charge in [0.05, 0.1) is 6.54 Å². The van der Waals surface area contributed by atoms with E-state index in [4.69, 9.17) is 0 Å². The fourth-order valence-electron chi connectivity index (χ4n) is 1.49. The minimum absolute atomic E-state index is 0.00240. The Balaban J connectivity index is 2.67. The maximum Gasteiger partial charge on any atom is 0.239 e. The summed E-state index contributed by atoms with van der Waals surface area (Å²) in [6, 6.07) is 3.96. The molecule has 1 amide bonds. The van der Waals surface area contributed by atoms with Crippen LogP contribution in [0.25, 0.3) is 0 Å². The van der Waals surface area contributed by atoms with Gasteiger partial charge >= 0.3 is 0 Å². The summed E-state index contributed by atoms with van der Waals surface area (Å²) >= 11 is 1.55. The summed E-state index contributed by atoms with van der Waals surface area (Å²) < 4.78 is 0. The molecular weight excluding hydrogens is 248 g/mol. The quantitative estimate of drug-likeness (QED) is 0.793. The van der Waals surface area contributed by atoms with E-state index in [0.717, 1.165) is 17.4 Å². The predicted molar refractivity (Wildman–Crippen MR) is 75.0 cm³/mol. The number of aromatic nitrogens is 2. The van der Waals surface area contributed by atoms with Gasteiger partial charge in [-0.05, 0) is 39.2 Å². The normalized spacial score (nSPS) is 10.5. The molecule has 0 fully saturated rings. The molecule has 0 saturated heterocycles. The molecule has 0 aliphatic heterocycles. The second-order valence-corrected chi connectivity index (χ2v) is 5.00. The van der Waals surface area contributed by atoms with E-state index < -0.39 is 0 Å². The second-order valence-electron chi connectivity index (χ2n) is 4.17. The molecule has 0 spiro atoms. The third-order valence-corrected chi connectivity index (χ3v) is 2.96. The second kappa shape index (κ2) is 7.20. The lowest BCUT2D eigenvalue weighted by atomic mass is 10.3. The Morgan fingerprint density at radius 1 is 1.44 bits per heavy atom. The number of rotatable bonds is 6. The van der Waals surface area contributed by atoms with E-state index in [0.29, 0.717) is 6.54 Å². The number of carbonyl (C=O) groups excluding carboxylic acids is 1. The van der Waals surface area contributed by atoms with E-state index >= 15 is 0 Å². The Hall–Kier alpha value is -1.30. The highest BCUT2D eigenvalue weighted by Gasteiger charge is 2.12. The number of carbonyl (C=O) groups is 1. The molecule has 1 N–H and O–H groups in total. The molecular formula is C12H20N4OS. The predicted octanol–water partition coefficient (Wildman–Crippen LogP) is 1.55. The Morgan fingerprint density at radius 3 is 2.61 bits per heavy atom. The van der Waals surface area contributed by atoms with Gasteiger partial charge < -0.3 is 10.2 Å². The first-order valence-corrected chi connectivity index (χ1v) is 7.21. The van der Waals surface area contributed by atoms with Gasteiger partial charge in [0.2, 0.25) is 5.91 Å². The lowest BCUT2D eigenvalue weighted by Gasteiger charge is -2.21. The highest BCUT2D eigenvalue weighted by atomic mass is 32.2. The van der Waals surface area contributed by atoms with Crippen molar-refractivity contribution in [1.82, 2.24) is 15.5 Å². The van der Waals surface area contributed by atoms with Gasteiger partial charge in [-0.1, -0.05) is 0 Å². The number of nitrogens with zero attached hydrogens (tertiary/aromatic N) is 3. The molecule has 0 saturated carbocycles. The highest BCUT2D eigenvalue weighted by molar-refractivity contribution is 7.98. The molecule has 0 aliphatic carbocycles. The Kier molecular flexibility index (Phi) is 5.91. The Bertz CT molecular complexity index is 380. The maximum atomic E-state index is 11.7. The van der Waals surface area contributed by atoms with Gasteiger partial charge in [-0.25, -0.2) is 0 Å². The third-order valence-electron chi connectivity index (χ3n) is 2.32. The van der Waals surface area contributed by atoms with Crippen LogP contribution in [0.5, 0.6) is 0 Å². The molecule has 1 aromatic heterocycles. The molecule has 0 atom stereocenters. The SMILES string of the molecule is CCN(CC(=O)NC(C)C)c1ccc(SC)nn1. The summed E-state index contributed by atoms with van der Waals surface area (Å²) in [7, 11) is 0. The van der Waals surface area contributed by atoms with Gasteiger partial charge in [-0.3, -0.25) is 4.79 Å². The minimum Gasteiger partial charge on any atom is -0.352 e. The van der Waals surface area contributed by atoms with Crippen LogP contribution < -0.4 is 10.2 Å². The number of likely N-dealkylation sites (N-methyl/N-ethyl adjacent to an activating group) is 1. The summed E-state index contributed by atoms with van der Waals surface area (Å²) in [5, 5.41) is 11.9. The summed E-state index contributed by atoms with van der Waals surface area (Å²) in [6.45, 7) is 6.91. The number of nitrogens with one attached hydrogen (secondary N) is 1. The van der Waals surface area contributed by atoms with Crippen molar-refractivity contribution < 1.29 is 4.79 Å². The van der Waals surface area contributed by atoms with Crippen molar-refractivity contribution in [2.24, 2.45) is 0 Å². The van der Waals surface area contributed by atoms with E-state index in [1.54, 1.807) is 11.8 Å². The van der Waals surface area contributed by atoms with Crippen molar-refractivity contribution in [1.29, 1.82) is 0 Å². The third kappa shape index (κ3) is 4.52. The molecule has 0 bridgehead atoms. The first-order chi connectivity index (χ1) is 8.56. The first-order valence-electron chi connectivity index (χ1n) is 5.98. The molecule has 18 heavy (non-hydrogen) atoms. The fourth-order valence-corrected chi connectivity index (χ4v) is 1.81. The topological polar surface area (TPSA) is 58.1 Å². The number of amides is 1. The summed E-state index contributed by atoms with van der Waals surface area (Å²) in [4.78, 5) is 13.6. The number of hydrogen-bond acceptors (Lipinski definition) is 5. The van der Waals surface area contributed by atoms with Crippen LogP contribution in [0.3, 0.4) is 0 Å². The van der Waals surface area contributed by atoms with E-state index in [9.17, 15) is 4.79 Å². The van der Waals surface area contributed by atoms with Crippen molar-refractivity contribution in [2.75, 3.05) is 24.2 Å². The minimum atomic E-state index is 0.00240. The van der Waals surface area contributed by atoms with Crippen LogP contribution in [0.2, 0.25) is 0 Å². The molecule has 0 unspecified atom stereocenters. The zero-order valence-electron chi connectivity index (χ0n) is 11.3. The summed E-state index contributed by atoms with van der Waals surface area (Å²) in [5.41, 5.74) is 0. The average Bonchev–Trinajstić information content (AvgIpc) is 2.35. The van der Waals surface area contributed by atoms with Crippen LogP contribution in [0.4, 0.5) is 5.82 Å². The average molecular weight is 268 g/mol. The number of thioether (sulfide) groups is 1. The highest BCUT2D eigenvalue weighted by Crippen LogP contribution is 2.14. The van der Waals surface area contributed by atoms with E-state index in [1.807, 2.05) is 44.1 Å². The molecule has 5 nitrogen and oxygen atoms in total. The van der Waals surface area contributed by atoms with Gasteiger partial charge in [-0.2, -0.15) is 0 Å². The monoisotopic (exact) mass is 268 g/mol. The maximum absolute atomic E-state index is 11.7. The van der Waals surface area contributed by atoms with Crippen LogP contribution in [0.15, 0.2) is 17.2 Å². The zero-order chi connectivity index (χ0) is 13.5. The Morgan fingerprint density at radius 2 is 2.17 bits per heavy atom. The van der Waals surface area contributed by atoms with Crippen LogP contribution in [-0.4, -0.2) is 41.5 Å². The van der Waals surface area contributed by atoms with Crippen molar-refractivity contribution in [3.63, 3.8) is 0 Å². The van der Waals surface area contributed by atoms with Crippen LogP contribution in [0.1, 0.15) is 20.8 Å². The number of anilines is 1. The number of hydrogen-bond donors (Lipinski definition) is 1. The van der Waals surface area contributed by atoms with Crippen molar-refractivity contribution in [3.8, 4) is 0 Å². The van der Waals surface area contributed by atoms with E-state index in [-0.39, 0.29) is 11.9 Å². The molecule has 6 heteroatoms. The van der Waals surface area contributed by atoms with Gasteiger partial charge in [0, 0.05) is 12.6 Å². The summed E-state index contributed by atoms with van der Waals surface area (Å²) in [5.74, 6) is 0.733. The largest absolute Gasteiger partial charge is 0.352 e. The first kappa shape index (κ1) is 14.8. The van der Waals surface area contributed by atoms with Crippen molar-refractivity contribution in [2.45, 2.75) is 31.8 Å². The molecule has 1 aromatic rings. The standard InChI is InChI=1S/C12H20N4OS/c1-5-16(8-11(17)13-9(2)3)10-6-7-12(18-4)15-14-10/h6-7,9H,5,8H2,1-4H3,(H,13,17). The summed E-state index contributed by atoms with van der Waals surface area (Å²) in [6.07, 6.45) is 1.96. The molecule has 100 valence electrons. The lowest BCUT2D eigenvalue weighted by Crippen LogP contribution is -2.40. The molecule has 1 heterocycles. The van der Waals surface area contributed by atoms with Crippen molar-refractivity contribution >= 4 is 23.5 Å². The smallest absolute Gasteiger partial charge is 0.239 e. The molecule has 0 radical (unpaired) electrons. The van der Waals surface area contributed by atoms with Crippen molar-refractivity contribution in [3.05, 3.63) is 12.1 Å². The molecule has 1 rings (SSSR count). The fraction of sp³-hybridized carbons (Fsp3) is 0.583. The molecule has 0 aromatic carbocycles. The van der Waals surface area contributed by atoms with Gasteiger partial charge in [0.15, 0.2) is 5.82 Å². The van der Waals surface area contributed by atoms with Gasteiger partial charge in [-0.15, -0.1) is 22.0 Å². The van der Waals surface area contributed by atoms with Gasteiger partial charge in [0.1, 0.15) is 5.03 Å². The lowest BCUT2D eigenvalue weighted by molar-refractivity contribution is -0.120. The Labute approximate surface area is 112 Å².